The number of nitrogens with zero attached hydrogens (tertiary/aromatic N) is 1. The summed E-state index contributed by atoms with van der Waals surface area (Å²) >= 11 is 6.17. The fraction of sp³-hybridized carbons (Fsp3) is 0.185. The van der Waals surface area contributed by atoms with Gasteiger partial charge in [0.15, 0.2) is 0 Å². The molecule has 1 aliphatic carbocycles. The second-order valence-corrected chi connectivity index (χ2v) is 9.48. The first-order valence-corrected chi connectivity index (χ1v) is 11.6. The smallest absolute Gasteiger partial charge is 0.349 e. The van der Waals surface area contributed by atoms with Crippen LogP contribution in [0.4, 0.5) is 18.9 Å². The molecule has 3 atom stereocenters. The van der Waals surface area contributed by atoms with Crippen molar-refractivity contribution in [3.05, 3.63) is 100 Å². The van der Waals surface area contributed by atoms with E-state index in [9.17, 15) is 32.3 Å². The summed E-state index contributed by atoms with van der Waals surface area (Å²) < 4.78 is 46.5. The van der Waals surface area contributed by atoms with Crippen molar-refractivity contribution in [3.8, 4) is 0 Å². The standard InChI is InChI=1S/C27H15ClF3NO5/c28-17-11-10-14(27(29,30)31)12-18(17)32-24(35)19-20(25(32)36)26(37-21(19)13-6-2-1-3-7-13)22(33)15-8-4-5-9-16(15)23(26)34/h1-12,19-21H/t19-,20-,21+/m0/s1. The number of anilines is 1. The van der Waals surface area contributed by atoms with Crippen LogP contribution in [0.3, 0.4) is 0 Å². The number of hydrogen-bond acceptors (Lipinski definition) is 5. The number of benzene rings is 3. The number of imide groups is 1. The van der Waals surface area contributed by atoms with E-state index in [2.05, 4.69) is 0 Å². The Bertz CT molecular complexity index is 1480. The Morgan fingerprint density at radius 1 is 0.811 bits per heavy atom. The fourth-order valence-corrected chi connectivity index (χ4v) is 5.76. The molecule has 1 spiro atoms. The topological polar surface area (TPSA) is 80.8 Å². The van der Waals surface area contributed by atoms with Crippen LogP contribution >= 0.6 is 11.6 Å². The van der Waals surface area contributed by atoms with Gasteiger partial charge in [0.1, 0.15) is 0 Å². The largest absolute Gasteiger partial charge is 0.416 e. The molecule has 37 heavy (non-hydrogen) atoms. The number of ether oxygens (including phenoxy) is 1. The maximum Gasteiger partial charge on any atom is 0.416 e. The summed E-state index contributed by atoms with van der Waals surface area (Å²) in [7, 11) is 0. The van der Waals surface area contributed by atoms with Crippen molar-refractivity contribution in [3.63, 3.8) is 0 Å². The van der Waals surface area contributed by atoms with Crippen LogP contribution in [0.2, 0.25) is 5.02 Å². The predicted octanol–water partition coefficient (Wildman–Crippen LogP) is 5.05. The highest BCUT2D eigenvalue weighted by Crippen LogP contribution is 2.58. The van der Waals surface area contributed by atoms with Crippen molar-refractivity contribution >= 4 is 40.7 Å². The molecule has 3 aliphatic rings. The van der Waals surface area contributed by atoms with Gasteiger partial charge < -0.3 is 4.74 Å². The molecule has 10 heteroatoms. The van der Waals surface area contributed by atoms with E-state index in [1.54, 1.807) is 42.5 Å². The van der Waals surface area contributed by atoms with Crippen molar-refractivity contribution < 1.29 is 37.1 Å². The normalized spacial score (nSPS) is 24.2. The van der Waals surface area contributed by atoms with Gasteiger partial charge >= 0.3 is 6.18 Å². The van der Waals surface area contributed by atoms with Crippen molar-refractivity contribution in [1.82, 2.24) is 0 Å². The van der Waals surface area contributed by atoms with Gasteiger partial charge in [0.25, 0.3) is 0 Å². The van der Waals surface area contributed by atoms with Gasteiger partial charge in [-0.05, 0) is 23.8 Å². The molecule has 2 saturated heterocycles. The Balaban J connectivity index is 1.55. The van der Waals surface area contributed by atoms with E-state index in [1.807, 2.05) is 0 Å². The number of hydrogen-bond donors (Lipinski definition) is 0. The summed E-state index contributed by atoms with van der Waals surface area (Å²) in [6, 6.07) is 16.5. The van der Waals surface area contributed by atoms with E-state index in [0.717, 1.165) is 12.1 Å². The van der Waals surface area contributed by atoms with Gasteiger partial charge in [0.05, 0.1) is 34.2 Å². The fourth-order valence-electron chi connectivity index (χ4n) is 5.56. The maximum absolute atomic E-state index is 13.9. The summed E-state index contributed by atoms with van der Waals surface area (Å²) in [6.45, 7) is 0. The van der Waals surface area contributed by atoms with Gasteiger partial charge in [-0.1, -0.05) is 66.2 Å². The van der Waals surface area contributed by atoms with E-state index in [1.165, 1.54) is 12.1 Å². The summed E-state index contributed by atoms with van der Waals surface area (Å²) in [6.07, 6.45) is -5.95. The van der Waals surface area contributed by atoms with Gasteiger partial charge in [0, 0.05) is 11.1 Å². The molecule has 0 bridgehead atoms. The van der Waals surface area contributed by atoms with Crippen LogP contribution < -0.4 is 4.90 Å². The summed E-state index contributed by atoms with van der Waals surface area (Å²) in [5.41, 5.74) is -3.38. The Hall–Kier alpha value is -3.82. The van der Waals surface area contributed by atoms with Crippen LogP contribution in [0.5, 0.6) is 0 Å². The highest BCUT2D eigenvalue weighted by atomic mass is 35.5. The molecule has 0 radical (unpaired) electrons. The third-order valence-electron chi connectivity index (χ3n) is 7.16. The first-order valence-electron chi connectivity index (χ1n) is 11.2. The van der Waals surface area contributed by atoms with Crippen LogP contribution in [0.15, 0.2) is 72.8 Å². The minimum Gasteiger partial charge on any atom is -0.349 e. The molecule has 2 amide bonds. The van der Waals surface area contributed by atoms with Gasteiger partial charge in [-0.25, -0.2) is 4.90 Å². The highest BCUT2D eigenvalue weighted by molar-refractivity contribution is 6.39. The van der Waals surface area contributed by atoms with Crippen LogP contribution in [0.1, 0.15) is 37.9 Å². The van der Waals surface area contributed by atoms with Gasteiger partial charge in [-0.2, -0.15) is 13.2 Å². The lowest BCUT2D eigenvalue weighted by Crippen LogP contribution is -2.51. The average molecular weight is 526 g/mol. The van der Waals surface area contributed by atoms with Crippen LogP contribution in [0.25, 0.3) is 0 Å². The molecule has 186 valence electrons. The number of fused-ring (bicyclic) bond motifs is 3. The second-order valence-electron chi connectivity index (χ2n) is 9.07. The number of rotatable bonds is 2. The molecular formula is C27H15ClF3NO5. The number of halogens is 4. The molecule has 2 aliphatic heterocycles. The molecule has 3 aromatic carbocycles. The summed E-state index contributed by atoms with van der Waals surface area (Å²) in [5, 5.41) is -0.270. The molecule has 2 fully saturated rings. The third-order valence-corrected chi connectivity index (χ3v) is 7.48. The third kappa shape index (κ3) is 3.10. The first-order chi connectivity index (χ1) is 17.6. The predicted molar refractivity (Wildman–Crippen MR) is 124 cm³/mol. The first kappa shape index (κ1) is 23.6. The molecule has 0 aromatic heterocycles. The Kier molecular flexibility index (Phi) is 4.99. The molecule has 0 N–H and O–H groups in total. The molecular weight excluding hydrogens is 511 g/mol. The molecule has 0 unspecified atom stereocenters. The Labute approximate surface area is 212 Å². The van der Waals surface area contributed by atoms with Crippen LogP contribution in [-0.4, -0.2) is 29.0 Å². The van der Waals surface area contributed by atoms with E-state index in [0.29, 0.717) is 16.5 Å². The Morgan fingerprint density at radius 3 is 2.00 bits per heavy atom. The molecule has 3 aromatic rings. The quantitative estimate of drug-likeness (QED) is 0.345. The van der Waals surface area contributed by atoms with E-state index < -0.39 is 64.3 Å². The van der Waals surface area contributed by atoms with Crippen molar-refractivity contribution in [2.75, 3.05) is 4.90 Å². The number of Topliss-reactive ketones (excluding diaryl/α,β-unsaturated/α-hetero) is 2. The lowest BCUT2D eigenvalue weighted by molar-refractivity contribution is -0.137. The van der Waals surface area contributed by atoms with Crippen LogP contribution in [-0.2, 0) is 20.5 Å². The highest BCUT2D eigenvalue weighted by Gasteiger charge is 2.74. The number of carbonyl (C=O) groups excluding carboxylic acids is 4. The minimum absolute atomic E-state index is 0.0516. The molecule has 0 saturated carbocycles. The molecule has 2 heterocycles. The average Bonchev–Trinajstić information content (AvgIpc) is 3.44. The molecule has 6 rings (SSSR count). The zero-order valence-electron chi connectivity index (χ0n) is 18.7. The number of ketones is 2. The van der Waals surface area contributed by atoms with Crippen molar-refractivity contribution in [1.29, 1.82) is 0 Å². The van der Waals surface area contributed by atoms with Crippen LogP contribution in [0, 0.1) is 11.8 Å². The lowest BCUT2D eigenvalue weighted by atomic mass is 9.77. The summed E-state index contributed by atoms with van der Waals surface area (Å²) in [4.78, 5) is 55.6. The Morgan fingerprint density at radius 2 is 1.41 bits per heavy atom. The second kappa shape index (κ2) is 7.84. The van der Waals surface area contributed by atoms with Gasteiger partial charge in [0.2, 0.25) is 29.0 Å². The van der Waals surface area contributed by atoms with Crippen molar-refractivity contribution in [2.24, 2.45) is 11.8 Å². The lowest BCUT2D eigenvalue weighted by Gasteiger charge is -2.27. The van der Waals surface area contributed by atoms with Crippen molar-refractivity contribution in [2.45, 2.75) is 17.9 Å². The minimum atomic E-state index is -4.77. The maximum atomic E-state index is 13.9. The van der Waals surface area contributed by atoms with E-state index in [4.69, 9.17) is 16.3 Å². The zero-order valence-corrected chi connectivity index (χ0v) is 19.4. The number of amides is 2. The SMILES string of the molecule is O=C1[C@@H]2[C@@H](c3ccccc3)OC3(C(=O)c4ccccc4C3=O)[C@@H]2C(=O)N1c1cc(C(F)(F)F)ccc1Cl. The number of alkyl halides is 3. The van der Waals surface area contributed by atoms with Gasteiger partial charge in [-0.3, -0.25) is 19.2 Å². The van der Waals surface area contributed by atoms with Gasteiger partial charge in [-0.15, -0.1) is 0 Å². The van der Waals surface area contributed by atoms with E-state index in [-0.39, 0.29) is 16.1 Å². The number of carbonyl (C=O) groups is 4. The van der Waals surface area contributed by atoms with E-state index >= 15 is 0 Å². The zero-order chi connectivity index (χ0) is 26.3. The monoisotopic (exact) mass is 525 g/mol. The summed E-state index contributed by atoms with van der Waals surface area (Å²) in [5.74, 6) is -6.40. The molecule has 6 nitrogen and oxygen atoms in total.